The number of nitrogens with one attached hydrogen (secondary N) is 1. The largest absolute Gasteiger partial charge is 0.495 e. The lowest BCUT2D eigenvalue weighted by Crippen LogP contribution is -2.43. The molecule has 0 aliphatic carbocycles. The van der Waals surface area contributed by atoms with Crippen LogP contribution in [0.2, 0.25) is 5.02 Å². The topological polar surface area (TPSA) is 71.0 Å². The van der Waals surface area contributed by atoms with Gasteiger partial charge in [0.05, 0.1) is 18.5 Å². The fourth-order valence-electron chi connectivity index (χ4n) is 2.48. The highest BCUT2D eigenvalue weighted by Gasteiger charge is 2.34. The smallest absolute Gasteiger partial charge is 0.238 e. The molecule has 0 aromatic heterocycles. The van der Waals surface area contributed by atoms with E-state index in [1.807, 2.05) is 6.07 Å². The normalized spacial score (nSPS) is 18.5. The summed E-state index contributed by atoms with van der Waals surface area (Å²) in [5.74, 6) is 0.126. The molecule has 6 nitrogen and oxygen atoms in total. The Hall–Kier alpha value is -2.51. The van der Waals surface area contributed by atoms with Crippen LogP contribution >= 0.6 is 23.4 Å². The van der Waals surface area contributed by atoms with Crippen LogP contribution in [-0.4, -0.2) is 41.3 Å². The summed E-state index contributed by atoms with van der Waals surface area (Å²) in [4.78, 5) is 31.0. The predicted molar refractivity (Wildman–Crippen MR) is 109 cm³/mol. The van der Waals surface area contributed by atoms with Crippen molar-refractivity contribution in [2.45, 2.75) is 11.7 Å². The maximum absolute atomic E-state index is 12.7. The number of para-hydroxylation sites is 2. The number of amidine groups is 1. The molecule has 1 saturated heterocycles. The molecule has 0 spiro atoms. The molecule has 2 amide bonds. The third-order valence-corrected chi connectivity index (χ3v) is 5.47. The second-order valence-corrected chi connectivity index (χ2v) is 7.43. The maximum Gasteiger partial charge on any atom is 0.238 e. The van der Waals surface area contributed by atoms with Crippen molar-refractivity contribution >= 4 is 51.7 Å². The highest BCUT2D eigenvalue weighted by Crippen LogP contribution is 2.30. The lowest BCUT2D eigenvalue weighted by atomic mass is 10.2. The number of amides is 2. The van der Waals surface area contributed by atoms with E-state index in [0.29, 0.717) is 27.3 Å². The predicted octanol–water partition coefficient (Wildman–Crippen LogP) is 3.94. The minimum atomic E-state index is -0.579. The third-order valence-electron chi connectivity index (χ3n) is 3.98. The van der Waals surface area contributed by atoms with Crippen molar-refractivity contribution in [3.63, 3.8) is 0 Å². The van der Waals surface area contributed by atoms with E-state index in [-0.39, 0.29) is 18.2 Å². The molecule has 1 atom stereocenters. The van der Waals surface area contributed by atoms with E-state index in [0.717, 1.165) is 0 Å². The summed E-state index contributed by atoms with van der Waals surface area (Å²) in [5, 5.41) is 3.32. The number of carbonyl (C=O) groups excluding carboxylic acids is 2. The Morgan fingerprint density at radius 1 is 1.26 bits per heavy atom. The SMILES string of the molecule is COc1ccccc1NC(=O)[C@H]1CC(=O)N(C)C(=Nc2ccc(Cl)cc2)S1. The van der Waals surface area contributed by atoms with Gasteiger partial charge in [0.25, 0.3) is 0 Å². The molecule has 3 rings (SSSR count). The zero-order valence-electron chi connectivity index (χ0n) is 14.8. The van der Waals surface area contributed by atoms with Crippen LogP contribution < -0.4 is 10.1 Å². The number of halogens is 1. The van der Waals surface area contributed by atoms with Crippen molar-refractivity contribution in [1.29, 1.82) is 0 Å². The first-order valence-electron chi connectivity index (χ1n) is 8.19. The summed E-state index contributed by atoms with van der Waals surface area (Å²) in [5.41, 5.74) is 1.22. The number of aliphatic imine (C=N–C) groups is 1. The van der Waals surface area contributed by atoms with Gasteiger partial charge in [-0.15, -0.1) is 0 Å². The van der Waals surface area contributed by atoms with Crippen molar-refractivity contribution in [2.24, 2.45) is 4.99 Å². The Morgan fingerprint density at radius 3 is 2.67 bits per heavy atom. The van der Waals surface area contributed by atoms with Gasteiger partial charge in [-0.3, -0.25) is 14.5 Å². The average molecular weight is 404 g/mol. The molecule has 1 aliphatic heterocycles. The summed E-state index contributed by atoms with van der Waals surface area (Å²) in [6, 6.07) is 14.1. The zero-order valence-corrected chi connectivity index (χ0v) is 16.4. The van der Waals surface area contributed by atoms with Crippen LogP contribution in [0.1, 0.15) is 6.42 Å². The van der Waals surface area contributed by atoms with Crippen molar-refractivity contribution < 1.29 is 14.3 Å². The minimum Gasteiger partial charge on any atom is -0.495 e. The molecule has 140 valence electrons. The number of ether oxygens (including phenoxy) is 1. The Labute approximate surface area is 166 Å². The molecule has 27 heavy (non-hydrogen) atoms. The van der Waals surface area contributed by atoms with Gasteiger partial charge in [-0.25, -0.2) is 4.99 Å². The fraction of sp³-hybridized carbons (Fsp3) is 0.211. The van der Waals surface area contributed by atoms with Gasteiger partial charge in [-0.1, -0.05) is 35.5 Å². The lowest BCUT2D eigenvalue weighted by Gasteiger charge is -2.29. The number of nitrogens with zero attached hydrogens (tertiary/aromatic N) is 2. The standard InChI is InChI=1S/C19H18ClN3O3S/c1-23-17(24)11-16(18(25)22-14-5-3-4-6-15(14)26-2)27-19(23)21-13-9-7-12(20)8-10-13/h3-10,16H,11H2,1-2H3,(H,22,25)/t16-/m1/s1. The first-order valence-corrected chi connectivity index (χ1v) is 9.45. The van der Waals surface area contributed by atoms with E-state index in [1.54, 1.807) is 49.5 Å². The van der Waals surface area contributed by atoms with Crippen LogP contribution in [0.5, 0.6) is 5.75 Å². The van der Waals surface area contributed by atoms with E-state index >= 15 is 0 Å². The van der Waals surface area contributed by atoms with Gasteiger partial charge < -0.3 is 10.1 Å². The Morgan fingerprint density at radius 2 is 1.96 bits per heavy atom. The monoisotopic (exact) mass is 403 g/mol. The highest BCUT2D eigenvalue weighted by molar-refractivity contribution is 8.15. The molecule has 0 bridgehead atoms. The Balaban J connectivity index is 1.79. The van der Waals surface area contributed by atoms with E-state index in [1.165, 1.54) is 23.8 Å². The van der Waals surface area contributed by atoms with Crippen molar-refractivity contribution in [3.8, 4) is 5.75 Å². The van der Waals surface area contributed by atoms with E-state index in [2.05, 4.69) is 10.3 Å². The van der Waals surface area contributed by atoms with Crippen molar-refractivity contribution in [1.82, 2.24) is 4.90 Å². The van der Waals surface area contributed by atoms with Crippen LogP contribution in [-0.2, 0) is 9.59 Å². The lowest BCUT2D eigenvalue weighted by molar-refractivity contribution is -0.128. The quantitative estimate of drug-likeness (QED) is 0.839. The number of hydrogen-bond donors (Lipinski definition) is 1. The second kappa shape index (κ2) is 8.45. The first kappa shape index (κ1) is 19.3. The van der Waals surface area contributed by atoms with Crippen LogP contribution in [0, 0.1) is 0 Å². The highest BCUT2D eigenvalue weighted by atomic mass is 35.5. The molecule has 8 heteroatoms. The van der Waals surface area contributed by atoms with E-state index in [9.17, 15) is 9.59 Å². The van der Waals surface area contributed by atoms with Gasteiger partial charge in [0.1, 0.15) is 11.0 Å². The average Bonchev–Trinajstić information content (AvgIpc) is 2.67. The summed E-state index contributed by atoms with van der Waals surface area (Å²) in [6.45, 7) is 0. The summed E-state index contributed by atoms with van der Waals surface area (Å²) >= 11 is 7.14. The van der Waals surface area contributed by atoms with Gasteiger partial charge in [0.2, 0.25) is 11.8 Å². The van der Waals surface area contributed by atoms with Gasteiger partial charge >= 0.3 is 0 Å². The molecule has 1 aliphatic rings. The van der Waals surface area contributed by atoms with E-state index in [4.69, 9.17) is 16.3 Å². The number of carbonyl (C=O) groups is 2. The number of thioether (sulfide) groups is 1. The first-order chi connectivity index (χ1) is 13.0. The summed E-state index contributed by atoms with van der Waals surface area (Å²) in [6.07, 6.45) is 0.0990. The number of anilines is 1. The molecule has 0 radical (unpaired) electrons. The molecule has 0 unspecified atom stereocenters. The molecular weight excluding hydrogens is 386 g/mol. The second-order valence-electron chi connectivity index (χ2n) is 5.82. The summed E-state index contributed by atoms with van der Waals surface area (Å²) < 4.78 is 5.25. The van der Waals surface area contributed by atoms with Crippen LogP contribution in [0.25, 0.3) is 0 Å². The van der Waals surface area contributed by atoms with Gasteiger partial charge in [0.15, 0.2) is 5.17 Å². The molecule has 1 heterocycles. The molecule has 1 N–H and O–H groups in total. The number of hydrogen-bond acceptors (Lipinski definition) is 5. The van der Waals surface area contributed by atoms with Gasteiger partial charge in [-0.2, -0.15) is 0 Å². The molecule has 0 saturated carbocycles. The van der Waals surface area contributed by atoms with Crippen LogP contribution in [0.15, 0.2) is 53.5 Å². The Kier molecular flexibility index (Phi) is 6.03. The van der Waals surface area contributed by atoms with Crippen molar-refractivity contribution in [3.05, 3.63) is 53.6 Å². The van der Waals surface area contributed by atoms with Crippen LogP contribution in [0.3, 0.4) is 0 Å². The zero-order chi connectivity index (χ0) is 19.4. The molecule has 2 aromatic carbocycles. The van der Waals surface area contributed by atoms with Gasteiger partial charge in [0, 0.05) is 18.5 Å². The summed E-state index contributed by atoms with van der Waals surface area (Å²) in [7, 11) is 3.19. The van der Waals surface area contributed by atoms with Gasteiger partial charge in [-0.05, 0) is 36.4 Å². The molecule has 2 aromatic rings. The number of methoxy groups -OCH3 is 1. The number of rotatable bonds is 4. The van der Waals surface area contributed by atoms with Crippen LogP contribution in [0.4, 0.5) is 11.4 Å². The molecular formula is C19H18ClN3O3S. The fourth-order valence-corrected chi connectivity index (χ4v) is 3.68. The third kappa shape index (κ3) is 4.61. The van der Waals surface area contributed by atoms with Crippen molar-refractivity contribution in [2.75, 3.05) is 19.5 Å². The number of benzene rings is 2. The minimum absolute atomic E-state index is 0.0990. The van der Waals surface area contributed by atoms with E-state index < -0.39 is 5.25 Å². The molecule has 1 fully saturated rings. The maximum atomic E-state index is 12.7. The Bertz CT molecular complexity index is 886.